The highest BCUT2D eigenvalue weighted by Crippen LogP contribution is 2.19. The monoisotopic (exact) mass is 291 g/mol. The minimum Gasteiger partial charge on any atom is -0.490 e. The molecule has 1 saturated heterocycles. The molecule has 1 atom stereocenters. The van der Waals surface area contributed by atoms with Crippen molar-refractivity contribution in [3.05, 3.63) is 29.8 Å². The zero-order valence-corrected chi connectivity index (χ0v) is 12.9. The quantitative estimate of drug-likeness (QED) is 0.818. The number of rotatable bonds is 6. The first-order valence-electron chi connectivity index (χ1n) is 7.69. The summed E-state index contributed by atoms with van der Waals surface area (Å²) in [6, 6.07) is 7.16. The summed E-state index contributed by atoms with van der Waals surface area (Å²) in [4.78, 5) is 13.8. The molecule has 0 spiro atoms. The molecule has 1 unspecified atom stereocenters. The predicted molar refractivity (Wildman–Crippen MR) is 82.8 cm³/mol. The number of carbonyl (C=O) groups excluding carboxylic acids is 1. The van der Waals surface area contributed by atoms with Crippen LogP contribution in [0.1, 0.15) is 37.0 Å². The largest absolute Gasteiger partial charge is 0.490 e. The maximum atomic E-state index is 11.5. The van der Waals surface area contributed by atoms with Gasteiger partial charge in [0.05, 0.1) is 5.56 Å². The molecule has 1 aliphatic heterocycles. The summed E-state index contributed by atoms with van der Waals surface area (Å²) in [5.41, 5.74) is 0.566. The van der Waals surface area contributed by atoms with Crippen molar-refractivity contribution in [2.24, 2.45) is 5.92 Å². The second kappa shape index (κ2) is 7.57. The van der Waals surface area contributed by atoms with Crippen LogP contribution in [-0.4, -0.2) is 48.1 Å². The molecule has 0 saturated carbocycles. The van der Waals surface area contributed by atoms with Crippen molar-refractivity contribution in [3.63, 3.8) is 0 Å². The molecule has 1 heterocycles. The van der Waals surface area contributed by atoms with E-state index in [9.17, 15) is 9.90 Å². The van der Waals surface area contributed by atoms with E-state index in [1.54, 1.807) is 12.1 Å². The number of ether oxygens (including phenoxy) is 1. The van der Waals surface area contributed by atoms with Gasteiger partial charge in [0.25, 0.3) is 0 Å². The molecule has 0 aliphatic carbocycles. The molecule has 1 fully saturated rings. The van der Waals surface area contributed by atoms with E-state index in [1.165, 1.54) is 19.8 Å². The summed E-state index contributed by atoms with van der Waals surface area (Å²) in [5, 5.41) is 10.1. The molecular weight excluding hydrogens is 266 g/mol. The van der Waals surface area contributed by atoms with Crippen LogP contribution in [0.2, 0.25) is 0 Å². The molecule has 116 valence electrons. The third kappa shape index (κ3) is 4.83. The molecule has 21 heavy (non-hydrogen) atoms. The number of ketones is 1. The van der Waals surface area contributed by atoms with Gasteiger partial charge in [0, 0.05) is 6.54 Å². The summed E-state index contributed by atoms with van der Waals surface area (Å²) in [6.45, 7) is 6.74. The van der Waals surface area contributed by atoms with Crippen molar-refractivity contribution in [2.75, 3.05) is 26.2 Å². The highest BCUT2D eigenvalue weighted by molar-refractivity contribution is 5.96. The van der Waals surface area contributed by atoms with Crippen LogP contribution in [0.3, 0.4) is 0 Å². The van der Waals surface area contributed by atoms with Crippen LogP contribution in [0.25, 0.3) is 0 Å². The Labute approximate surface area is 126 Å². The van der Waals surface area contributed by atoms with E-state index in [0.29, 0.717) is 17.9 Å². The van der Waals surface area contributed by atoms with E-state index in [-0.39, 0.29) is 12.4 Å². The molecule has 4 heteroatoms. The number of likely N-dealkylation sites (tertiary alicyclic amines) is 1. The van der Waals surface area contributed by atoms with Crippen LogP contribution in [0.5, 0.6) is 5.75 Å². The van der Waals surface area contributed by atoms with Gasteiger partial charge >= 0.3 is 0 Å². The van der Waals surface area contributed by atoms with Gasteiger partial charge in [-0.15, -0.1) is 0 Å². The minimum atomic E-state index is -0.529. The van der Waals surface area contributed by atoms with E-state index >= 15 is 0 Å². The fourth-order valence-corrected chi connectivity index (χ4v) is 2.66. The number of carbonyl (C=O) groups is 1. The maximum absolute atomic E-state index is 11.5. The van der Waals surface area contributed by atoms with E-state index in [4.69, 9.17) is 4.74 Å². The minimum absolute atomic E-state index is 0.0230. The first-order valence-corrected chi connectivity index (χ1v) is 7.69. The number of Topliss-reactive ketones (excluding diaryl/α,β-unsaturated/α-hetero) is 1. The van der Waals surface area contributed by atoms with Crippen molar-refractivity contribution in [1.29, 1.82) is 0 Å². The molecular formula is C17H25NO3. The second-order valence-electron chi connectivity index (χ2n) is 6.00. The normalized spacial score (nSPS) is 18.4. The summed E-state index contributed by atoms with van der Waals surface area (Å²) in [5.74, 6) is 1.32. The molecule has 1 aliphatic rings. The third-order valence-corrected chi connectivity index (χ3v) is 4.04. The van der Waals surface area contributed by atoms with Gasteiger partial charge in [-0.1, -0.05) is 19.1 Å². The predicted octanol–water partition coefficient (Wildman–Crippen LogP) is 2.36. The van der Waals surface area contributed by atoms with Gasteiger partial charge in [0.2, 0.25) is 0 Å². The number of aliphatic hydroxyl groups is 1. The first-order chi connectivity index (χ1) is 10.1. The zero-order chi connectivity index (χ0) is 15.2. The third-order valence-electron chi connectivity index (χ3n) is 4.04. The Morgan fingerprint density at radius 1 is 1.38 bits per heavy atom. The summed E-state index contributed by atoms with van der Waals surface area (Å²) in [6.07, 6.45) is 1.86. The standard InChI is InChI=1S/C17H25NO3/c1-13-7-9-18(10-8-13)11-15(20)12-21-17-6-4-3-5-16(17)14(2)19/h3-6,13,15,20H,7-12H2,1-2H3. The lowest BCUT2D eigenvalue weighted by Gasteiger charge is -2.31. The van der Waals surface area contributed by atoms with Crippen LogP contribution in [-0.2, 0) is 0 Å². The molecule has 1 N–H and O–H groups in total. The molecule has 1 aromatic rings. The van der Waals surface area contributed by atoms with E-state index in [1.807, 2.05) is 12.1 Å². The van der Waals surface area contributed by atoms with E-state index < -0.39 is 6.10 Å². The summed E-state index contributed by atoms with van der Waals surface area (Å²) in [7, 11) is 0. The van der Waals surface area contributed by atoms with Crippen LogP contribution < -0.4 is 4.74 Å². The molecule has 4 nitrogen and oxygen atoms in total. The Morgan fingerprint density at radius 2 is 2.05 bits per heavy atom. The molecule has 1 aromatic carbocycles. The Kier molecular flexibility index (Phi) is 5.76. The Bertz CT molecular complexity index is 467. The average molecular weight is 291 g/mol. The number of aliphatic hydroxyl groups excluding tert-OH is 1. The van der Waals surface area contributed by atoms with Crippen LogP contribution in [0, 0.1) is 5.92 Å². The van der Waals surface area contributed by atoms with Gasteiger partial charge < -0.3 is 14.7 Å². The Hall–Kier alpha value is -1.39. The van der Waals surface area contributed by atoms with Crippen LogP contribution in [0.15, 0.2) is 24.3 Å². The van der Waals surface area contributed by atoms with Crippen molar-refractivity contribution >= 4 is 5.78 Å². The van der Waals surface area contributed by atoms with Crippen molar-refractivity contribution < 1.29 is 14.6 Å². The van der Waals surface area contributed by atoms with E-state index in [2.05, 4.69) is 11.8 Å². The highest BCUT2D eigenvalue weighted by Gasteiger charge is 2.19. The van der Waals surface area contributed by atoms with Gasteiger partial charge in [0.1, 0.15) is 18.5 Å². The summed E-state index contributed by atoms with van der Waals surface area (Å²) >= 11 is 0. The number of piperidine rings is 1. The van der Waals surface area contributed by atoms with Gasteiger partial charge in [-0.2, -0.15) is 0 Å². The summed E-state index contributed by atoms with van der Waals surface area (Å²) < 4.78 is 5.63. The number of hydrogen-bond donors (Lipinski definition) is 1. The first kappa shape index (κ1) is 16.0. The molecule has 0 radical (unpaired) electrons. The molecule has 0 amide bonds. The maximum Gasteiger partial charge on any atom is 0.163 e. The lowest BCUT2D eigenvalue weighted by molar-refractivity contribution is 0.0558. The Morgan fingerprint density at radius 3 is 2.71 bits per heavy atom. The van der Waals surface area contributed by atoms with Crippen molar-refractivity contribution in [1.82, 2.24) is 4.90 Å². The average Bonchev–Trinajstić information content (AvgIpc) is 2.48. The SMILES string of the molecule is CC(=O)c1ccccc1OCC(O)CN1CCC(C)CC1. The van der Waals surface area contributed by atoms with Gasteiger partial charge in [-0.25, -0.2) is 0 Å². The number of nitrogens with zero attached hydrogens (tertiary/aromatic N) is 1. The number of β-amino-alcohol motifs (C(OH)–C–C–N with tert-alkyl or cyclic N) is 1. The molecule has 2 rings (SSSR count). The van der Waals surface area contributed by atoms with Gasteiger partial charge in [-0.3, -0.25) is 4.79 Å². The molecule has 0 aromatic heterocycles. The number of benzene rings is 1. The fraction of sp³-hybridized carbons (Fsp3) is 0.588. The number of para-hydroxylation sites is 1. The van der Waals surface area contributed by atoms with Gasteiger partial charge in [-0.05, 0) is 50.9 Å². The lowest BCUT2D eigenvalue weighted by Crippen LogP contribution is -2.40. The Balaban J connectivity index is 1.81. The van der Waals surface area contributed by atoms with Crippen molar-refractivity contribution in [2.45, 2.75) is 32.8 Å². The highest BCUT2D eigenvalue weighted by atomic mass is 16.5. The zero-order valence-electron chi connectivity index (χ0n) is 12.9. The second-order valence-corrected chi connectivity index (χ2v) is 6.00. The van der Waals surface area contributed by atoms with E-state index in [0.717, 1.165) is 19.0 Å². The van der Waals surface area contributed by atoms with Crippen molar-refractivity contribution in [3.8, 4) is 5.75 Å². The fourth-order valence-electron chi connectivity index (χ4n) is 2.66. The number of hydrogen-bond acceptors (Lipinski definition) is 4. The van der Waals surface area contributed by atoms with Crippen LogP contribution >= 0.6 is 0 Å². The lowest BCUT2D eigenvalue weighted by atomic mass is 9.99. The molecule has 0 bridgehead atoms. The topological polar surface area (TPSA) is 49.8 Å². The van der Waals surface area contributed by atoms with Crippen LogP contribution in [0.4, 0.5) is 0 Å². The van der Waals surface area contributed by atoms with Gasteiger partial charge in [0.15, 0.2) is 5.78 Å². The smallest absolute Gasteiger partial charge is 0.163 e.